The molecular formula is C15H22ClFN2O. The molecule has 1 aromatic rings. The SMILES string of the molecule is CC(N)CC(=O)N1CCC(Cc2ccc(F)cc2)C1.Cl. The van der Waals surface area contributed by atoms with Gasteiger partial charge in [-0.05, 0) is 43.4 Å². The zero-order valence-electron chi connectivity index (χ0n) is 11.7. The second-order valence-corrected chi connectivity index (χ2v) is 5.51. The van der Waals surface area contributed by atoms with Crippen LogP contribution in [0.5, 0.6) is 0 Å². The quantitative estimate of drug-likeness (QED) is 0.928. The van der Waals surface area contributed by atoms with Crippen LogP contribution in [-0.4, -0.2) is 29.9 Å². The van der Waals surface area contributed by atoms with Gasteiger partial charge in [-0.2, -0.15) is 0 Å². The first-order valence-corrected chi connectivity index (χ1v) is 6.82. The standard InChI is InChI=1S/C15H21FN2O.ClH/c1-11(17)8-15(19)18-7-6-13(10-18)9-12-2-4-14(16)5-3-12;/h2-5,11,13H,6-10,17H2,1H3;1H. The lowest BCUT2D eigenvalue weighted by molar-refractivity contribution is -0.130. The van der Waals surface area contributed by atoms with Gasteiger partial charge >= 0.3 is 0 Å². The summed E-state index contributed by atoms with van der Waals surface area (Å²) in [6, 6.07) is 6.54. The highest BCUT2D eigenvalue weighted by molar-refractivity contribution is 5.85. The van der Waals surface area contributed by atoms with Crippen molar-refractivity contribution in [1.82, 2.24) is 4.90 Å². The Hall–Kier alpha value is -1.13. The Labute approximate surface area is 125 Å². The second kappa shape index (κ2) is 7.60. The summed E-state index contributed by atoms with van der Waals surface area (Å²) in [5, 5.41) is 0. The van der Waals surface area contributed by atoms with E-state index < -0.39 is 0 Å². The van der Waals surface area contributed by atoms with E-state index in [4.69, 9.17) is 5.73 Å². The fourth-order valence-corrected chi connectivity index (χ4v) is 2.58. The van der Waals surface area contributed by atoms with E-state index in [0.29, 0.717) is 12.3 Å². The van der Waals surface area contributed by atoms with Crippen molar-refractivity contribution in [2.24, 2.45) is 11.7 Å². The number of nitrogens with two attached hydrogens (primary N) is 1. The molecule has 112 valence electrons. The van der Waals surface area contributed by atoms with E-state index in [1.54, 1.807) is 0 Å². The third kappa shape index (κ3) is 4.76. The van der Waals surface area contributed by atoms with Gasteiger partial charge in [0.15, 0.2) is 0 Å². The summed E-state index contributed by atoms with van der Waals surface area (Å²) in [6.07, 6.45) is 2.34. The maximum atomic E-state index is 12.8. The fourth-order valence-electron chi connectivity index (χ4n) is 2.58. The molecule has 1 aliphatic rings. The van der Waals surface area contributed by atoms with Crippen molar-refractivity contribution in [2.75, 3.05) is 13.1 Å². The van der Waals surface area contributed by atoms with Crippen LogP contribution >= 0.6 is 12.4 Å². The highest BCUT2D eigenvalue weighted by atomic mass is 35.5. The first kappa shape index (κ1) is 16.9. The van der Waals surface area contributed by atoms with Gasteiger partial charge in [-0.25, -0.2) is 4.39 Å². The molecule has 1 amide bonds. The molecule has 0 aromatic heterocycles. The average Bonchev–Trinajstić information content (AvgIpc) is 2.80. The van der Waals surface area contributed by atoms with Crippen LogP contribution in [0.3, 0.4) is 0 Å². The number of rotatable bonds is 4. The zero-order chi connectivity index (χ0) is 13.8. The van der Waals surface area contributed by atoms with Crippen molar-refractivity contribution < 1.29 is 9.18 Å². The molecule has 1 aliphatic heterocycles. The molecule has 0 saturated carbocycles. The van der Waals surface area contributed by atoms with E-state index in [1.165, 1.54) is 12.1 Å². The van der Waals surface area contributed by atoms with Gasteiger partial charge in [0.25, 0.3) is 0 Å². The largest absolute Gasteiger partial charge is 0.342 e. The molecule has 5 heteroatoms. The monoisotopic (exact) mass is 300 g/mol. The number of amides is 1. The van der Waals surface area contributed by atoms with E-state index in [2.05, 4.69) is 0 Å². The third-order valence-electron chi connectivity index (χ3n) is 3.57. The number of carbonyl (C=O) groups is 1. The Balaban J connectivity index is 0.00000200. The van der Waals surface area contributed by atoms with Crippen LogP contribution in [0.2, 0.25) is 0 Å². The van der Waals surface area contributed by atoms with Crippen LogP contribution < -0.4 is 5.73 Å². The Morgan fingerprint density at radius 1 is 1.45 bits per heavy atom. The van der Waals surface area contributed by atoms with Gasteiger partial charge in [0.2, 0.25) is 5.91 Å². The second-order valence-electron chi connectivity index (χ2n) is 5.51. The van der Waals surface area contributed by atoms with E-state index in [9.17, 15) is 9.18 Å². The lowest BCUT2D eigenvalue weighted by Crippen LogP contribution is -2.33. The van der Waals surface area contributed by atoms with E-state index in [-0.39, 0.29) is 30.2 Å². The summed E-state index contributed by atoms with van der Waals surface area (Å²) < 4.78 is 12.8. The molecule has 2 N–H and O–H groups in total. The molecule has 2 atom stereocenters. The van der Waals surface area contributed by atoms with E-state index >= 15 is 0 Å². The summed E-state index contributed by atoms with van der Waals surface area (Å²) in [4.78, 5) is 13.8. The maximum absolute atomic E-state index is 12.8. The molecule has 2 rings (SSSR count). The van der Waals surface area contributed by atoms with Crippen LogP contribution in [0, 0.1) is 11.7 Å². The van der Waals surface area contributed by atoms with Crippen LogP contribution in [0.4, 0.5) is 4.39 Å². The van der Waals surface area contributed by atoms with Crippen molar-refractivity contribution in [2.45, 2.75) is 32.2 Å². The summed E-state index contributed by atoms with van der Waals surface area (Å²) in [6.45, 7) is 3.46. The maximum Gasteiger partial charge on any atom is 0.224 e. The highest BCUT2D eigenvalue weighted by Gasteiger charge is 2.26. The summed E-state index contributed by atoms with van der Waals surface area (Å²) in [5.41, 5.74) is 6.78. The molecule has 1 fully saturated rings. The normalized spacial score (nSPS) is 19.6. The Bertz CT molecular complexity index is 436. The lowest BCUT2D eigenvalue weighted by atomic mass is 9.99. The van der Waals surface area contributed by atoms with Crippen molar-refractivity contribution in [3.8, 4) is 0 Å². The third-order valence-corrected chi connectivity index (χ3v) is 3.57. The first-order chi connectivity index (χ1) is 9.04. The Morgan fingerprint density at radius 3 is 2.70 bits per heavy atom. The molecule has 2 unspecified atom stereocenters. The number of hydrogen-bond acceptors (Lipinski definition) is 2. The Morgan fingerprint density at radius 2 is 2.10 bits per heavy atom. The number of hydrogen-bond donors (Lipinski definition) is 1. The van der Waals surface area contributed by atoms with Crippen molar-refractivity contribution in [1.29, 1.82) is 0 Å². The van der Waals surface area contributed by atoms with Crippen molar-refractivity contribution in [3.05, 3.63) is 35.6 Å². The zero-order valence-corrected chi connectivity index (χ0v) is 12.5. The van der Waals surface area contributed by atoms with E-state index in [1.807, 2.05) is 24.0 Å². The minimum Gasteiger partial charge on any atom is -0.342 e. The molecule has 0 radical (unpaired) electrons. The summed E-state index contributed by atoms with van der Waals surface area (Å²) in [5.74, 6) is 0.419. The molecule has 0 aliphatic carbocycles. The van der Waals surface area contributed by atoms with Crippen molar-refractivity contribution in [3.63, 3.8) is 0 Å². The lowest BCUT2D eigenvalue weighted by Gasteiger charge is -2.17. The molecule has 1 saturated heterocycles. The number of carbonyl (C=O) groups excluding carboxylic acids is 1. The first-order valence-electron chi connectivity index (χ1n) is 6.82. The van der Waals surface area contributed by atoms with Gasteiger partial charge in [-0.15, -0.1) is 12.4 Å². The minimum absolute atomic E-state index is 0. The number of nitrogens with zero attached hydrogens (tertiary/aromatic N) is 1. The van der Waals surface area contributed by atoms with Gasteiger partial charge in [0.05, 0.1) is 0 Å². The Kier molecular flexibility index (Phi) is 6.43. The minimum atomic E-state index is -0.205. The highest BCUT2D eigenvalue weighted by Crippen LogP contribution is 2.21. The van der Waals surface area contributed by atoms with Gasteiger partial charge in [-0.1, -0.05) is 12.1 Å². The van der Waals surface area contributed by atoms with E-state index in [0.717, 1.165) is 31.5 Å². The predicted molar refractivity (Wildman–Crippen MR) is 80.3 cm³/mol. The summed E-state index contributed by atoms with van der Waals surface area (Å²) in [7, 11) is 0. The van der Waals surface area contributed by atoms with Gasteiger partial charge < -0.3 is 10.6 Å². The van der Waals surface area contributed by atoms with Gasteiger partial charge in [0.1, 0.15) is 5.82 Å². The van der Waals surface area contributed by atoms with Crippen LogP contribution in [0.25, 0.3) is 0 Å². The number of benzene rings is 1. The molecule has 3 nitrogen and oxygen atoms in total. The van der Waals surface area contributed by atoms with Gasteiger partial charge in [0, 0.05) is 25.6 Å². The molecule has 1 aromatic carbocycles. The van der Waals surface area contributed by atoms with Crippen molar-refractivity contribution >= 4 is 18.3 Å². The molecule has 0 bridgehead atoms. The average molecular weight is 301 g/mol. The van der Waals surface area contributed by atoms with Gasteiger partial charge in [-0.3, -0.25) is 4.79 Å². The molecule has 0 spiro atoms. The molecular weight excluding hydrogens is 279 g/mol. The smallest absolute Gasteiger partial charge is 0.224 e. The van der Waals surface area contributed by atoms with Crippen LogP contribution in [0.15, 0.2) is 24.3 Å². The molecule has 1 heterocycles. The predicted octanol–water partition coefficient (Wildman–Crippen LogP) is 2.38. The number of likely N-dealkylation sites (tertiary alicyclic amines) is 1. The van der Waals surface area contributed by atoms with Crippen LogP contribution in [-0.2, 0) is 11.2 Å². The molecule has 20 heavy (non-hydrogen) atoms. The van der Waals surface area contributed by atoms with Crippen LogP contribution in [0.1, 0.15) is 25.3 Å². The summed E-state index contributed by atoms with van der Waals surface area (Å²) >= 11 is 0. The number of halogens is 2. The topological polar surface area (TPSA) is 46.3 Å². The fraction of sp³-hybridized carbons (Fsp3) is 0.533.